The van der Waals surface area contributed by atoms with Crippen LogP contribution >= 0.6 is 0 Å². The van der Waals surface area contributed by atoms with E-state index < -0.39 is 33.6 Å². The van der Waals surface area contributed by atoms with Crippen molar-refractivity contribution in [2.75, 3.05) is 0 Å². The minimum absolute atomic E-state index is 0.00804. The van der Waals surface area contributed by atoms with E-state index in [1.54, 1.807) is 13.8 Å². The minimum atomic E-state index is -3.92. The molecule has 0 saturated heterocycles. The molecule has 0 unspecified atom stereocenters. The summed E-state index contributed by atoms with van der Waals surface area (Å²) in [6.45, 7) is 3.59. The van der Waals surface area contributed by atoms with Crippen molar-refractivity contribution in [1.82, 2.24) is 4.72 Å². The van der Waals surface area contributed by atoms with Gasteiger partial charge in [-0.2, -0.15) is 0 Å². The van der Waals surface area contributed by atoms with Gasteiger partial charge < -0.3 is 5.11 Å². The number of halogens is 1. The number of carbonyl (C=O) groups is 1. The van der Waals surface area contributed by atoms with Crippen LogP contribution in [0, 0.1) is 11.7 Å². The molecule has 0 aliphatic carbocycles. The van der Waals surface area contributed by atoms with Crippen molar-refractivity contribution in [3.8, 4) is 0 Å². The lowest BCUT2D eigenvalue weighted by Gasteiger charge is -2.16. The standard InChI is InChI=1S/C13H18FNO4S/c1-9(2)7-12(13(16)17)15-20(18,19)8-10-5-3-4-6-11(10)14/h3-6,9,12,15H,7-8H2,1-2H3,(H,16,17)/t12-/m1/s1. The number of nitrogens with one attached hydrogen (secondary N) is 1. The fraction of sp³-hybridized carbons (Fsp3) is 0.462. The van der Waals surface area contributed by atoms with Crippen molar-refractivity contribution in [2.24, 2.45) is 5.92 Å². The van der Waals surface area contributed by atoms with Crippen LogP contribution in [0.15, 0.2) is 24.3 Å². The smallest absolute Gasteiger partial charge is 0.321 e. The molecule has 0 aliphatic rings. The molecule has 0 radical (unpaired) electrons. The number of sulfonamides is 1. The van der Waals surface area contributed by atoms with Gasteiger partial charge in [-0.05, 0) is 18.4 Å². The summed E-state index contributed by atoms with van der Waals surface area (Å²) in [6.07, 6.45) is 0.172. The van der Waals surface area contributed by atoms with Gasteiger partial charge in [-0.1, -0.05) is 32.0 Å². The molecule has 7 heteroatoms. The van der Waals surface area contributed by atoms with E-state index in [2.05, 4.69) is 4.72 Å². The molecule has 0 aliphatic heterocycles. The van der Waals surface area contributed by atoms with Gasteiger partial charge in [0.2, 0.25) is 10.0 Å². The average molecular weight is 303 g/mol. The molecule has 20 heavy (non-hydrogen) atoms. The first-order chi connectivity index (χ1) is 9.21. The number of rotatable bonds is 7. The Labute approximate surface area is 117 Å². The van der Waals surface area contributed by atoms with Crippen LogP contribution in [0.4, 0.5) is 4.39 Å². The highest BCUT2D eigenvalue weighted by molar-refractivity contribution is 7.88. The summed E-state index contributed by atoms with van der Waals surface area (Å²) in [5.41, 5.74) is 0.00804. The third kappa shape index (κ3) is 5.26. The van der Waals surface area contributed by atoms with Crippen LogP contribution < -0.4 is 4.72 Å². The quantitative estimate of drug-likeness (QED) is 0.803. The Bertz CT molecular complexity index is 571. The fourth-order valence-corrected chi connectivity index (χ4v) is 3.11. The topological polar surface area (TPSA) is 83.5 Å². The summed E-state index contributed by atoms with van der Waals surface area (Å²) >= 11 is 0. The molecule has 0 fully saturated rings. The van der Waals surface area contributed by atoms with Crippen LogP contribution in [-0.4, -0.2) is 25.5 Å². The predicted octanol–water partition coefficient (Wildman–Crippen LogP) is 1.74. The molecule has 0 saturated carbocycles. The highest BCUT2D eigenvalue weighted by Gasteiger charge is 2.25. The Balaban J connectivity index is 2.83. The number of carboxylic acid groups (broad SMARTS) is 1. The van der Waals surface area contributed by atoms with Crippen molar-refractivity contribution < 1.29 is 22.7 Å². The number of benzene rings is 1. The lowest BCUT2D eigenvalue weighted by molar-refractivity contribution is -0.139. The van der Waals surface area contributed by atoms with Crippen molar-refractivity contribution >= 4 is 16.0 Å². The zero-order valence-corrected chi connectivity index (χ0v) is 12.2. The van der Waals surface area contributed by atoms with Crippen LogP contribution in [0.25, 0.3) is 0 Å². The summed E-state index contributed by atoms with van der Waals surface area (Å²) in [4.78, 5) is 11.0. The molecular formula is C13H18FNO4S. The lowest BCUT2D eigenvalue weighted by Crippen LogP contribution is -2.42. The third-order valence-electron chi connectivity index (χ3n) is 2.63. The lowest BCUT2D eigenvalue weighted by atomic mass is 10.1. The molecule has 0 aromatic heterocycles. The first-order valence-corrected chi connectivity index (χ1v) is 7.82. The summed E-state index contributed by atoms with van der Waals surface area (Å²) in [7, 11) is -3.92. The van der Waals surface area contributed by atoms with Gasteiger partial charge in [0.15, 0.2) is 0 Å². The molecule has 0 heterocycles. The second-order valence-electron chi connectivity index (χ2n) is 4.99. The van der Waals surface area contributed by atoms with E-state index >= 15 is 0 Å². The molecule has 1 aromatic carbocycles. The second-order valence-corrected chi connectivity index (χ2v) is 6.74. The predicted molar refractivity (Wildman–Crippen MR) is 73.0 cm³/mol. The average Bonchev–Trinajstić information content (AvgIpc) is 2.30. The monoisotopic (exact) mass is 303 g/mol. The fourth-order valence-electron chi connectivity index (χ4n) is 1.75. The number of carboxylic acids is 1. The Morgan fingerprint density at radius 1 is 1.35 bits per heavy atom. The van der Waals surface area contributed by atoms with Crippen molar-refractivity contribution in [1.29, 1.82) is 0 Å². The second kappa shape index (κ2) is 6.81. The normalized spacial score (nSPS) is 13.4. The molecule has 0 spiro atoms. The van der Waals surface area contributed by atoms with Gasteiger partial charge in [-0.15, -0.1) is 0 Å². The highest BCUT2D eigenvalue weighted by Crippen LogP contribution is 2.12. The van der Waals surface area contributed by atoms with Crippen LogP contribution in [-0.2, 0) is 20.6 Å². The van der Waals surface area contributed by atoms with E-state index in [1.165, 1.54) is 18.2 Å². The molecule has 0 amide bonds. The van der Waals surface area contributed by atoms with Gasteiger partial charge >= 0.3 is 5.97 Å². The first-order valence-electron chi connectivity index (χ1n) is 6.17. The zero-order valence-electron chi connectivity index (χ0n) is 11.3. The summed E-state index contributed by atoms with van der Waals surface area (Å²) in [6, 6.07) is 4.29. The number of hydrogen-bond acceptors (Lipinski definition) is 3. The van der Waals surface area contributed by atoms with Gasteiger partial charge in [0.25, 0.3) is 0 Å². The Kier molecular flexibility index (Phi) is 5.64. The number of hydrogen-bond donors (Lipinski definition) is 2. The van der Waals surface area contributed by atoms with Crippen molar-refractivity contribution in [2.45, 2.75) is 32.1 Å². The third-order valence-corrected chi connectivity index (χ3v) is 3.97. The number of aliphatic carboxylic acids is 1. The van der Waals surface area contributed by atoms with Crippen LogP contribution in [0.5, 0.6) is 0 Å². The Hall–Kier alpha value is -1.47. The molecule has 5 nitrogen and oxygen atoms in total. The van der Waals surface area contributed by atoms with Gasteiger partial charge in [0.1, 0.15) is 11.9 Å². The van der Waals surface area contributed by atoms with Crippen molar-refractivity contribution in [3.05, 3.63) is 35.6 Å². The molecule has 0 bridgehead atoms. The Morgan fingerprint density at radius 3 is 2.45 bits per heavy atom. The maximum absolute atomic E-state index is 13.4. The molecule has 112 valence electrons. The Morgan fingerprint density at radius 2 is 1.95 bits per heavy atom. The maximum Gasteiger partial charge on any atom is 0.321 e. The van der Waals surface area contributed by atoms with Gasteiger partial charge in [-0.25, -0.2) is 17.5 Å². The maximum atomic E-state index is 13.4. The van der Waals surface area contributed by atoms with Crippen LogP contribution in [0.3, 0.4) is 0 Å². The minimum Gasteiger partial charge on any atom is -0.480 e. The SMILES string of the molecule is CC(C)C[C@@H](NS(=O)(=O)Cc1ccccc1F)C(=O)O. The largest absolute Gasteiger partial charge is 0.480 e. The zero-order chi connectivity index (χ0) is 15.3. The highest BCUT2D eigenvalue weighted by atomic mass is 32.2. The van der Waals surface area contributed by atoms with Gasteiger partial charge in [0.05, 0.1) is 5.75 Å². The summed E-state index contributed by atoms with van der Waals surface area (Å²) in [5, 5.41) is 9.01. The van der Waals surface area contributed by atoms with Gasteiger partial charge in [-0.3, -0.25) is 4.79 Å². The molecule has 1 atom stereocenters. The van der Waals surface area contributed by atoms with E-state index in [4.69, 9.17) is 5.11 Å². The summed E-state index contributed by atoms with van der Waals surface area (Å²) < 4.78 is 39.3. The van der Waals surface area contributed by atoms with Gasteiger partial charge in [0, 0.05) is 5.56 Å². The van der Waals surface area contributed by atoms with Crippen LogP contribution in [0.1, 0.15) is 25.8 Å². The first kappa shape index (κ1) is 16.6. The summed E-state index contributed by atoms with van der Waals surface area (Å²) in [5.74, 6) is -2.43. The van der Waals surface area contributed by atoms with E-state index in [0.717, 1.165) is 6.07 Å². The van der Waals surface area contributed by atoms with Crippen molar-refractivity contribution in [3.63, 3.8) is 0 Å². The van der Waals surface area contributed by atoms with E-state index in [0.29, 0.717) is 0 Å². The van der Waals surface area contributed by atoms with E-state index in [1.807, 2.05) is 0 Å². The molecular weight excluding hydrogens is 285 g/mol. The van der Waals surface area contributed by atoms with Crippen LogP contribution in [0.2, 0.25) is 0 Å². The van der Waals surface area contributed by atoms with E-state index in [9.17, 15) is 17.6 Å². The van der Waals surface area contributed by atoms with E-state index in [-0.39, 0.29) is 17.9 Å². The molecule has 1 aromatic rings. The molecule has 1 rings (SSSR count). The molecule has 2 N–H and O–H groups in total.